The average molecular weight is 300 g/mol. The molecule has 7 heteroatoms. The van der Waals surface area contributed by atoms with Gasteiger partial charge in [-0.3, -0.25) is 9.89 Å². The highest BCUT2D eigenvalue weighted by molar-refractivity contribution is 6.35. The number of anilines is 1. The molecule has 0 radical (unpaired) electrons. The van der Waals surface area contributed by atoms with Crippen LogP contribution in [0.3, 0.4) is 0 Å². The van der Waals surface area contributed by atoms with Gasteiger partial charge in [0, 0.05) is 11.1 Å². The summed E-state index contributed by atoms with van der Waals surface area (Å²) in [6.07, 6.45) is 0.832. The molecular formula is C12H11Cl2N3O2. The quantitative estimate of drug-likeness (QED) is 0.911. The Balaban J connectivity index is 2.00. The Bertz CT molecular complexity index is 572. The van der Waals surface area contributed by atoms with E-state index in [0.29, 0.717) is 21.6 Å². The van der Waals surface area contributed by atoms with Gasteiger partial charge >= 0.3 is 0 Å². The summed E-state index contributed by atoms with van der Waals surface area (Å²) >= 11 is 11.7. The lowest BCUT2D eigenvalue weighted by Gasteiger charge is -2.15. The number of aromatic amines is 1. The van der Waals surface area contributed by atoms with Crippen LogP contribution in [-0.2, 0) is 4.79 Å². The molecule has 0 bridgehead atoms. The average Bonchev–Trinajstić information content (AvgIpc) is 2.85. The van der Waals surface area contributed by atoms with Gasteiger partial charge in [-0.1, -0.05) is 23.2 Å². The first-order valence-electron chi connectivity index (χ1n) is 5.48. The van der Waals surface area contributed by atoms with Crippen molar-refractivity contribution in [2.24, 2.45) is 0 Å². The molecule has 1 amide bonds. The van der Waals surface area contributed by atoms with Crippen molar-refractivity contribution in [1.29, 1.82) is 0 Å². The number of carbonyl (C=O) groups is 1. The van der Waals surface area contributed by atoms with Crippen LogP contribution in [0.25, 0.3) is 0 Å². The molecule has 0 aliphatic heterocycles. The Kier molecular flexibility index (Phi) is 4.29. The Hall–Kier alpha value is -1.72. The number of hydrogen-bond acceptors (Lipinski definition) is 3. The van der Waals surface area contributed by atoms with Gasteiger partial charge in [-0.15, -0.1) is 0 Å². The second-order valence-corrected chi connectivity index (χ2v) is 4.64. The van der Waals surface area contributed by atoms with E-state index in [0.717, 1.165) is 0 Å². The van der Waals surface area contributed by atoms with E-state index < -0.39 is 6.10 Å². The fourth-order valence-corrected chi connectivity index (χ4v) is 1.83. The van der Waals surface area contributed by atoms with Crippen LogP contribution in [0.15, 0.2) is 30.5 Å². The maximum atomic E-state index is 11.8. The third kappa shape index (κ3) is 3.62. The maximum Gasteiger partial charge on any atom is 0.266 e. The first-order valence-corrected chi connectivity index (χ1v) is 6.24. The zero-order valence-electron chi connectivity index (χ0n) is 9.98. The number of amides is 1. The lowest BCUT2D eigenvalue weighted by molar-refractivity contribution is -0.122. The monoisotopic (exact) mass is 299 g/mol. The number of rotatable bonds is 4. The minimum absolute atomic E-state index is 0.310. The highest BCUT2D eigenvalue weighted by atomic mass is 35.5. The fraction of sp³-hybridized carbons (Fsp3) is 0.167. The molecule has 1 unspecified atom stereocenters. The van der Waals surface area contributed by atoms with Gasteiger partial charge in [0.05, 0.1) is 11.2 Å². The van der Waals surface area contributed by atoms with Crippen LogP contribution >= 0.6 is 23.2 Å². The van der Waals surface area contributed by atoms with Gasteiger partial charge in [-0.2, -0.15) is 5.10 Å². The smallest absolute Gasteiger partial charge is 0.266 e. The molecule has 0 saturated heterocycles. The predicted molar refractivity (Wildman–Crippen MR) is 73.8 cm³/mol. The minimum atomic E-state index is -0.707. The van der Waals surface area contributed by atoms with Gasteiger partial charge in [0.15, 0.2) is 6.10 Å². The molecule has 0 saturated carbocycles. The van der Waals surface area contributed by atoms with Gasteiger partial charge in [-0.05, 0) is 25.1 Å². The Labute approximate surface area is 119 Å². The lowest BCUT2D eigenvalue weighted by Crippen LogP contribution is -2.30. The van der Waals surface area contributed by atoms with E-state index >= 15 is 0 Å². The van der Waals surface area contributed by atoms with E-state index in [9.17, 15) is 4.79 Å². The van der Waals surface area contributed by atoms with Gasteiger partial charge in [-0.25, -0.2) is 0 Å². The Morgan fingerprint density at radius 3 is 2.84 bits per heavy atom. The standard InChI is InChI=1S/C12H11Cl2N3O2/c1-7(12(18)16-11-4-5-15-17-11)19-10-3-2-8(13)6-9(10)14/h2-7H,1H3,(H2,15,16,17,18). The molecule has 1 atom stereocenters. The molecule has 0 spiro atoms. The molecule has 5 nitrogen and oxygen atoms in total. The van der Waals surface area contributed by atoms with Crippen molar-refractivity contribution >= 4 is 34.9 Å². The van der Waals surface area contributed by atoms with Crippen LogP contribution in [-0.4, -0.2) is 22.2 Å². The predicted octanol–water partition coefficient (Wildman–Crippen LogP) is 3.12. The molecular weight excluding hydrogens is 289 g/mol. The van der Waals surface area contributed by atoms with Gasteiger partial charge in [0.25, 0.3) is 5.91 Å². The van der Waals surface area contributed by atoms with Crippen molar-refractivity contribution in [1.82, 2.24) is 10.2 Å². The van der Waals surface area contributed by atoms with E-state index in [1.807, 2.05) is 0 Å². The molecule has 2 N–H and O–H groups in total. The Morgan fingerprint density at radius 2 is 2.21 bits per heavy atom. The molecule has 0 aliphatic rings. The van der Waals surface area contributed by atoms with Gasteiger partial charge in [0.2, 0.25) is 0 Å². The van der Waals surface area contributed by atoms with Crippen LogP contribution < -0.4 is 10.1 Å². The largest absolute Gasteiger partial charge is 0.479 e. The minimum Gasteiger partial charge on any atom is -0.479 e. The summed E-state index contributed by atoms with van der Waals surface area (Å²) in [6, 6.07) is 6.45. The normalized spacial score (nSPS) is 11.9. The summed E-state index contributed by atoms with van der Waals surface area (Å²) in [4.78, 5) is 11.8. The summed E-state index contributed by atoms with van der Waals surface area (Å²) < 4.78 is 5.47. The first kappa shape index (κ1) is 13.7. The third-order valence-corrected chi connectivity index (χ3v) is 2.86. The number of nitrogens with one attached hydrogen (secondary N) is 2. The van der Waals surface area contributed by atoms with Crippen LogP contribution in [0, 0.1) is 0 Å². The van der Waals surface area contributed by atoms with Crippen molar-refractivity contribution < 1.29 is 9.53 Å². The van der Waals surface area contributed by atoms with Crippen LogP contribution in [0.5, 0.6) is 5.75 Å². The number of hydrogen-bond donors (Lipinski definition) is 2. The number of aromatic nitrogens is 2. The number of benzene rings is 1. The molecule has 1 heterocycles. The molecule has 0 aliphatic carbocycles. The maximum absolute atomic E-state index is 11.8. The lowest BCUT2D eigenvalue weighted by atomic mass is 10.3. The Morgan fingerprint density at radius 1 is 1.42 bits per heavy atom. The number of nitrogens with zero attached hydrogens (tertiary/aromatic N) is 1. The summed E-state index contributed by atoms with van der Waals surface area (Å²) in [5, 5.41) is 9.83. The summed E-state index contributed by atoms with van der Waals surface area (Å²) in [7, 11) is 0. The zero-order chi connectivity index (χ0) is 13.8. The molecule has 0 fully saturated rings. The summed E-state index contributed by atoms with van der Waals surface area (Å²) in [5.74, 6) is 0.594. The number of halogens is 2. The fourth-order valence-electron chi connectivity index (χ4n) is 1.37. The number of carbonyl (C=O) groups excluding carboxylic acids is 1. The molecule has 1 aromatic carbocycles. The molecule has 1 aromatic heterocycles. The molecule has 19 heavy (non-hydrogen) atoms. The summed E-state index contributed by atoms with van der Waals surface area (Å²) in [5.41, 5.74) is 0. The molecule has 2 aromatic rings. The first-order chi connectivity index (χ1) is 9.06. The number of H-pyrrole nitrogens is 1. The number of ether oxygens (including phenoxy) is 1. The molecule has 100 valence electrons. The van der Waals surface area contributed by atoms with Crippen molar-refractivity contribution in [2.75, 3.05) is 5.32 Å². The van der Waals surface area contributed by atoms with Crippen molar-refractivity contribution in [3.8, 4) is 5.75 Å². The van der Waals surface area contributed by atoms with Crippen molar-refractivity contribution in [3.63, 3.8) is 0 Å². The van der Waals surface area contributed by atoms with Gasteiger partial charge < -0.3 is 10.1 Å². The highest BCUT2D eigenvalue weighted by Crippen LogP contribution is 2.28. The second-order valence-electron chi connectivity index (χ2n) is 3.79. The SMILES string of the molecule is CC(Oc1ccc(Cl)cc1Cl)C(=O)Nc1ccn[nH]1. The van der Waals surface area contributed by atoms with Crippen LogP contribution in [0.2, 0.25) is 10.0 Å². The van der Waals surface area contributed by atoms with Crippen molar-refractivity contribution in [2.45, 2.75) is 13.0 Å². The zero-order valence-corrected chi connectivity index (χ0v) is 11.5. The third-order valence-electron chi connectivity index (χ3n) is 2.33. The van der Waals surface area contributed by atoms with E-state index in [1.165, 1.54) is 6.20 Å². The van der Waals surface area contributed by atoms with E-state index in [-0.39, 0.29) is 5.91 Å². The molecule has 2 rings (SSSR count). The van der Waals surface area contributed by atoms with E-state index in [4.69, 9.17) is 27.9 Å². The summed E-state index contributed by atoms with van der Waals surface area (Å²) in [6.45, 7) is 1.62. The second kappa shape index (κ2) is 5.95. The van der Waals surface area contributed by atoms with Crippen LogP contribution in [0.1, 0.15) is 6.92 Å². The topological polar surface area (TPSA) is 67.0 Å². The van der Waals surface area contributed by atoms with Gasteiger partial charge in [0.1, 0.15) is 11.6 Å². The van der Waals surface area contributed by atoms with Crippen molar-refractivity contribution in [3.05, 3.63) is 40.5 Å². The van der Waals surface area contributed by atoms with E-state index in [1.54, 1.807) is 31.2 Å². The van der Waals surface area contributed by atoms with Crippen LogP contribution in [0.4, 0.5) is 5.82 Å². The van der Waals surface area contributed by atoms with E-state index in [2.05, 4.69) is 15.5 Å². The highest BCUT2D eigenvalue weighted by Gasteiger charge is 2.16.